The number of halogens is 3. The van der Waals surface area contributed by atoms with E-state index < -0.39 is 66.7 Å². The first-order valence-corrected chi connectivity index (χ1v) is 15.6. The van der Waals surface area contributed by atoms with Gasteiger partial charge in [0.15, 0.2) is 6.23 Å². The van der Waals surface area contributed by atoms with E-state index in [0.29, 0.717) is 22.3 Å². The number of hydrogen-bond donors (Lipinski definition) is 1. The summed E-state index contributed by atoms with van der Waals surface area (Å²) in [5, 5.41) is 2.55. The normalized spacial score (nSPS) is 25.5. The van der Waals surface area contributed by atoms with Gasteiger partial charge in [-0.15, -0.1) is 0 Å². The van der Waals surface area contributed by atoms with Crippen molar-refractivity contribution in [3.05, 3.63) is 144 Å². The smallest absolute Gasteiger partial charge is 0.274 e. The first kappa shape index (κ1) is 29.2. The van der Waals surface area contributed by atoms with Crippen LogP contribution in [0.15, 0.2) is 121 Å². The molecule has 0 bridgehead atoms. The number of carbonyl (C=O) groups excluding carboxylic acids is 1. The van der Waals surface area contributed by atoms with E-state index in [1.807, 2.05) is 12.1 Å². The molecule has 4 aromatic carbocycles. The zero-order chi connectivity index (χ0) is 35.7. The van der Waals surface area contributed by atoms with E-state index in [1.54, 1.807) is 109 Å². The molecular formula is C36H36Cl3NO6. The predicted octanol–water partition coefficient (Wildman–Crippen LogP) is 7.17. The number of benzene rings is 4. The minimum atomic E-state index is -2.40. The highest BCUT2D eigenvalue weighted by molar-refractivity contribution is 6.76. The standard InChI is InChI=1S/C36H36Cl3NO6/c37-36(38,39)35(41)40-34-33(45-24-29-19-11-4-12-20-29)32(44-23-28-17-9-3-10-18-28)31(43-22-27-15-7-2-8-16-27)30(46-34)25-42-21-26-13-5-1-6-14-26/h1-20,30-34H,21-25H2,(H,40,41)/t30-,31-,32+,33-,34?/m1/s1/i21D,22D,23D,24D/t21?,22?,23?,24?,30-,31-,32+,33-,34?. The molecule has 0 radical (unpaired) electrons. The first-order chi connectivity index (χ1) is 24.0. The molecule has 1 aliphatic heterocycles. The molecule has 1 aliphatic rings. The quantitative estimate of drug-likeness (QED) is 0.142. The van der Waals surface area contributed by atoms with Gasteiger partial charge in [0.1, 0.15) is 24.4 Å². The van der Waals surface area contributed by atoms with E-state index in [0.717, 1.165) is 0 Å². The molecule has 9 atom stereocenters. The number of carbonyl (C=O) groups is 1. The monoisotopic (exact) mass is 687 g/mol. The molecule has 10 heteroatoms. The Morgan fingerprint density at radius 2 is 1.02 bits per heavy atom. The molecule has 242 valence electrons. The summed E-state index contributed by atoms with van der Waals surface area (Å²) in [6.45, 7) is -5.31. The molecule has 1 fully saturated rings. The van der Waals surface area contributed by atoms with Crippen LogP contribution in [0.4, 0.5) is 0 Å². The van der Waals surface area contributed by atoms with Crippen molar-refractivity contribution in [1.82, 2.24) is 5.32 Å². The fraction of sp³-hybridized carbons (Fsp3) is 0.306. The van der Waals surface area contributed by atoms with Gasteiger partial charge in [0.25, 0.3) is 9.70 Å². The number of ether oxygens (including phenoxy) is 5. The van der Waals surface area contributed by atoms with Gasteiger partial charge in [0, 0.05) is 0 Å². The highest BCUT2D eigenvalue weighted by Gasteiger charge is 2.50. The lowest BCUT2D eigenvalue weighted by atomic mass is 9.96. The lowest BCUT2D eigenvalue weighted by Gasteiger charge is -2.46. The van der Waals surface area contributed by atoms with Crippen molar-refractivity contribution in [3.63, 3.8) is 0 Å². The molecule has 4 aromatic rings. The molecule has 1 heterocycles. The minimum absolute atomic E-state index is 0.279. The fourth-order valence-electron chi connectivity index (χ4n) is 4.68. The Morgan fingerprint density at radius 1 is 0.630 bits per heavy atom. The number of hydrogen-bond acceptors (Lipinski definition) is 6. The highest BCUT2D eigenvalue weighted by Crippen LogP contribution is 2.32. The first-order valence-electron chi connectivity index (χ1n) is 16.8. The summed E-state index contributed by atoms with van der Waals surface area (Å²) in [6.07, 6.45) is -6.40. The second-order valence-corrected chi connectivity index (χ2v) is 12.6. The predicted molar refractivity (Wildman–Crippen MR) is 178 cm³/mol. The Hall–Kier alpha value is -2.98. The molecule has 0 spiro atoms. The van der Waals surface area contributed by atoms with Crippen LogP contribution >= 0.6 is 34.8 Å². The van der Waals surface area contributed by atoms with E-state index in [2.05, 4.69) is 5.32 Å². The average Bonchev–Trinajstić information content (AvgIpc) is 3.13. The molecule has 0 aromatic heterocycles. The van der Waals surface area contributed by atoms with Gasteiger partial charge in [0.2, 0.25) is 0 Å². The Morgan fingerprint density at radius 3 is 1.46 bits per heavy atom. The van der Waals surface area contributed by atoms with Crippen LogP contribution < -0.4 is 5.32 Å². The van der Waals surface area contributed by atoms with Gasteiger partial charge >= 0.3 is 0 Å². The van der Waals surface area contributed by atoms with Gasteiger partial charge in [-0.2, -0.15) is 0 Å². The molecule has 1 amide bonds. The van der Waals surface area contributed by atoms with Crippen molar-refractivity contribution < 1.29 is 34.0 Å². The lowest BCUT2D eigenvalue weighted by molar-refractivity contribution is -0.277. The van der Waals surface area contributed by atoms with E-state index >= 15 is 0 Å². The molecule has 1 N–H and O–H groups in total. The minimum Gasteiger partial charge on any atom is -0.374 e. The molecule has 5 unspecified atom stereocenters. The average molecular weight is 689 g/mol. The largest absolute Gasteiger partial charge is 0.374 e. The summed E-state index contributed by atoms with van der Waals surface area (Å²) in [6, 6.07) is 35.1. The van der Waals surface area contributed by atoms with Crippen molar-refractivity contribution in [3.8, 4) is 0 Å². The van der Waals surface area contributed by atoms with Gasteiger partial charge < -0.3 is 29.0 Å². The summed E-state index contributed by atoms with van der Waals surface area (Å²) in [4.78, 5) is 13.1. The number of amides is 1. The van der Waals surface area contributed by atoms with Crippen molar-refractivity contribution in [2.24, 2.45) is 0 Å². The molecule has 46 heavy (non-hydrogen) atoms. The van der Waals surface area contributed by atoms with Crippen LogP contribution in [0.25, 0.3) is 0 Å². The van der Waals surface area contributed by atoms with Crippen LogP contribution in [0.5, 0.6) is 0 Å². The van der Waals surface area contributed by atoms with Crippen LogP contribution in [0.1, 0.15) is 27.7 Å². The Balaban J connectivity index is 1.56. The Bertz CT molecular complexity index is 1610. The highest BCUT2D eigenvalue weighted by atomic mass is 35.6. The fourth-order valence-corrected chi connectivity index (χ4v) is 4.84. The summed E-state index contributed by atoms with van der Waals surface area (Å²) in [5.41, 5.74) is 2.07. The molecule has 7 nitrogen and oxygen atoms in total. The van der Waals surface area contributed by atoms with Crippen molar-refractivity contribution in [2.75, 3.05) is 6.61 Å². The van der Waals surface area contributed by atoms with Gasteiger partial charge in [-0.1, -0.05) is 156 Å². The van der Waals surface area contributed by atoms with E-state index in [9.17, 15) is 4.79 Å². The van der Waals surface area contributed by atoms with Crippen molar-refractivity contribution >= 4 is 40.7 Å². The Labute approximate surface area is 290 Å². The molecule has 5 rings (SSSR count). The van der Waals surface area contributed by atoms with Gasteiger partial charge in [-0.25, -0.2) is 0 Å². The summed E-state index contributed by atoms with van der Waals surface area (Å²) < 4.78 is 64.5. The van der Waals surface area contributed by atoms with E-state index in [-0.39, 0.29) is 6.61 Å². The van der Waals surface area contributed by atoms with Gasteiger partial charge in [-0.3, -0.25) is 4.79 Å². The van der Waals surface area contributed by atoms with Crippen LogP contribution in [0, 0.1) is 0 Å². The van der Waals surface area contributed by atoms with Gasteiger partial charge in [-0.05, 0) is 22.3 Å². The topological polar surface area (TPSA) is 75.3 Å². The Kier molecular flexibility index (Phi) is 10.9. The maximum absolute atomic E-state index is 13.1. The molecule has 0 saturated carbocycles. The number of alkyl halides is 3. The third kappa shape index (κ3) is 10.3. The summed E-state index contributed by atoms with van der Waals surface area (Å²) in [7, 11) is 0. The second kappa shape index (κ2) is 17.3. The summed E-state index contributed by atoms with van der Waals surface area (Å²) in [5.74, 6) is -1.05. The van der Waals surface area contributed by atoms with Crippen LogP contribution in [0.2, 0.25) is 0 Å². The van der Waals surface area contributed by atoms with E-state index in [1.165, 1.54) is 0 Å². The van der Waals surface area contributed by atoms with E-state index in [4.69, 9.17) is 64.0 Å². The van der Waals surface area contributed by atoms with Crippen LogP contribution in [-0.4, -0.2) is 47.0 Å². The maximum atomic E-state index is 13.1. The zero-order valence-corrected chi connectivity index (χ0v) is 26.8. The molecule has 0 aliphatic carbocycles. The van der Waals surface area contributed by atoms with Crippen LogP contribution in [-0.2, 0) is 54.8 Å². The zero-order valence-electron chi connectivity index (χ0n) is 28.5. The lowest BCUT2D eigenvalue weighted by Crippen LogP contribution is -2.66. The molecular weight excluding hydrogens is 649 g/mol. The van der Waals surface area contributed by atoms with Crippen LogP contribution in [0.3, 0.4) is 0 Å². The van der Waals surface area contributed by atoms with Gasteiger partial charge in [0.05, 0.1) is 38.4 Å². The third-order valence-corrected chi connectivity index (χ3v) is 7.44. The second-order valence-electron chi connectivity index (χ2n) is 10.3. The van der Waals surface area contributed by atoms with Crippen molar-refractivity contribution in [1.29, 1.82) is 0 Å². The number of nitrogens with one attached hydrogen (secondary N) is 1. The van der Waals surface area contributed by atoms with Crippen molar-refractivity contribution in [2.45, 2.75) is 60.8 Å². The SMILES string of the molecule is [2H]C(OC[C@H]1OC(NC(=O)C(Cl)(Cl)Cl)[C@H](OC([2H])c2ccccc2)[C@@H](OC([2H])c2ccccc2)[C@@H]1OC([2H])c1ccccc1)c1ccccc1. The third-order valence-electron chi connectivity index (χ3n) is 6.93. The maximum Gasteiger partial charge on any atom is 0.274 e. The number of rotatable bonds is 14. The summed E-state index contributed by atoms with van der Waals surface area (Å²) >= 11 is 17.9. The molecule has 1 saturated heterocycles.